The number of ether oxygens (including phenoxy) is 3. The van der Waals surface area contributed by atoms with Crippen molar-refractivity contribution in [3.8, 4) is 0 Å². The van der Waals surface area contributed by atoms with Gasteiger partial charge in [-0.25, -0.2) is 0 Å². The highest BCUT2D eigenvalue weighted by molar-refractivity contribution is 5.71. The van der Waals surface area contributed by atoms with Gasteiger partial charge in [-0.2, -0.15) is 0 Å². The first-order chi connectivity index (χ1) is 37.0. The molecular formula is C69H128O6. The molecule has 0 amide bonds. The van der Waals surface area contributed by atoms with Gasteiger partial charge in [0.05, 0.1) is 0 Å². The Balaban J connectivity index is 4.29. The Kier molecular flexibility index (Phi) is 62.1. The summed E-state index contributed by atoms with van der Waals surface area (Å²) in [6, 6.07) is 0. The molecule has 0 bridgehead atoms. The summed E-state index contributed by atoms with van der Waals surface area (Å²) in [5.41, 5.74) is 0. The lowest BCUT2D eigenvalue weighted by Crippen LogP contribution is -2.30. The predicted octanol–water partition coefficient (Wildman–Crippen LogP) is 22.8. The van der Waals surface area contributed by atoms with E-state index in [9.17, 15) is 14.4 Å². The number of carbonyl (C=O) groups is 3. The van der Waals surface area contributed by atoms with Crippen LogP contribution in [0.15, 0.2) is 36.5 Å². The fourth-order valence-corrected chi connectivity index (χ4v) is 10.2. The van der Waals surface area contributed by atoms with Crippen molar-refractivity contribution >= 4 is 17.9 Å². The van der Waals surface area contributed by atoms with Crippen LogP contribution in [0, 0.1) is 0 Å². The summed E-state index contributed by atoms with van der Waals surface area (Å²) < 4.78 is 17.0. The van der Waals surface area contributed by atoms with Gasteiger partial charge in [0.25, 0.3) is 0 Å². The Bertz CT molecular complexity index is 1250. The molecule has 6 nitrogen and oxygen atoms in total. The molecule has 0 aromatic heterocycles. The minimum Gasteiger partial charge on any atom is -0.462 e. The van der Waals surface area contributed by atoms with Gasteiger partial charge in [0.15, 0.2) is 6.10 Å². The molecule has 1 unspecified atom stereocenters. The maximum atomic E-state index is 12.9. The van der Waals surface area contributed by atoms with Gasteiger partial charge in [-0.1, -0.05) is 333 Å². The molecule has 0 saturated heterocycles. The zero-order valence-corrected chi connectivity index (χ0v) is 50.6. The van der Waals surface area contributed by atoms with Crippen LogP contribution in [-0.4, -0.2) is 37.2 Å². The highest BCUT2D eigenvalue weighted by Crippen LogP contribution is 2.18. The number of rotatable bonds is 62. The van der Waals surface area contributed by atoms with Crippen molar-refractivity contribution in [3.05, 3.63) is 36.5 Å². The fourth-order valence-electron chi connectivity index (χ4n) is 10.2. The standard InChI is InChI=1S/C69H128O6/c1-4-7-10-13-16-19-22-25-28-30-32-34-35-37-38-41-44-47-50-53-56-59-62-68(71)74-65-66(64-73-67(70)61-58-55-52-49-46-43-40-27-24-21-18-15-12-9-6-3)75-69(72)63-60-57-54-51-48-45-42-39-36-33-31-29-26-23-20-17-14-11-8-5-2/h9,12,18,21,27,40,66H,4-8,10-11,13-17,19-20,22-26,28-39,41-65H2,1-3H3/b12-9-,21-18-,40-27-. The number of esters is 3. The van der Waals surface area contributed by atoms with Gasteiger partial charge in [0.2, 0.25) is 0 Å². The van der Waals surface area contributed by atoms with E-state index in [0.717, 1.165) is 96.3 Å². The lowest BCUT2D eigenvalue weighted by Gasteiger charge is -2.18. The first kappa shape index (κ1) is 72.6. The third-order valence-electron chi connectivity index (χ3n) is 15.2. The molecule has 0 rings (SSSR count). The fraction of sp³-hybridized carbons (Fsp3) is 0.870. The Hall–Kier alpha value is -2.37. The maximum absolute atomic E-state index is 12.9. The predicted molar refractivity (Wildman–Crippen MR) is 326 cm³/mol. The SMILES string of the molecule is CC/C=C\C/C=C\C/C=C\CCCCCCCC(=O)OCC(COC(=O)CCCCCCCCCCCCCCCCCCCCCCCC)OC(=O)CCCCCCCCCCCCCCCCCCCCCC. The molecule has 0 radical (unpaired) electrons. The first-order valence-electron chi connectivity index (χ1n) is 33.5. The van der Waals surface area contributed by atoms with Gasteiger partial charge in [-0.15, -0.1) is 0 Å². The van der Waals surface area contributed by atoms with Crippen LogP contribution in [0.1, 0.15) is 367 Å². The average Bonchev–Trinajstić information content (AvgIpc) is 3.41. The van der Waals surface area contributed by atoms with Crippen molar-refractivity contribution in [2.45, 2.75) is 374 Å². The maximum Gasteiger partial charge on any atom is 0.306 e. The summed E-state index contributed by atoms with van der Waals surface area (Å²) in [7, 11) is 0. The van der Waals surface area contributed by atoms with Crippen molar-refractivity contribution in [2.75, 3.05) is 13.2 Å². The molecule has 0 aromatic rings. The quantitative estimate of drug-likeness (QED) is 0.0261. The van der Waals surface area contributed by atoms with E-state index in [-0.39, 0.29) is 31.1 Å². The van der Waals surface area contributed by atoms with Crippen molar-refractivity contribution in [2.24, 2.45) is 0 Å². The smallest absolute Gasteiger partial charge is 0.306 e. The summed E-state index contributed by atoms with van der Waals surface area (Å²) in [5, 5.41) is 0. The third-order valence-corrected chi connectivity index (χ3v) is 15.2. The number of hydrogen-bond donors (Lipinski definition) is 0. The third kappa shape index (κ3) is 62.4. The van der Waals surface area contributed by atoms with Crippen LogP contribution in [-0.2, 0) is 28.6 Å². The molecule has 0 aromatic carbocycles. The van der Waals surface area contributed by atoms with Crippen molar-refractivity contribution < 1.29 is 28.6 Å². The van der Waals surface area contributed by atoms with Crippen molar-refractivity contribution in [1.82, 2.24) is 0 Å². The van der Waals surface area contributed by atoms with E-state index in [1.807, 2.05) is 0 Å². The molecule has 75 heavy (non-hydrogen) atoms. The van der Waals surface area contributed by atoms with Crippen molar-refractivity contribution in [3.63, 3.8) is 0 Å². The van der Waals surface area contributed by atoms with Crippen LogP contribution in [0.3, 0.4) is 0 Å². The molecule has 0 N–H and O–H groups in total. The molecule has 0 saturated carbocycles. The second-order valence-corrected chi connectivity index (χ2v) is 22.7. The van der Waals surface area contributed by atoms with Gasteiger partial charge in [-0.05, 0) is 51.4 Å². The zero-order valence-electron chi connectivity index (χ0n) is 50.6. The highest BCUT2D eigenvalue weighted by atomic mass is 16.6. The van der Waals surface area contributed by atoms with E-state index in [1.54, 1.807) is 0 Å². The van der Waals surface area contributed by atoms with Gasteiger partial charge in [-0.3, -0.25) is 14.4 Å². The van der Waals surface area contributed by atoms with Crippen molar-refractivity contribution in [1.29, 1.82) is 0 Å². The summed E-state index contributed by atoms with van der Waals surface area (Å²) in [6.07, 6.45) is 78.8. The Morgan fingerprint density at radius 2 is 0.520 bits per heavy atom. The number of carbonyl (C=O) groups excluding carboxylic acids is 3. The molecule has 1 atom stereocenters. The molecule has 440 valence electrons. The molecule has 6 heteroatoms. The first-order valence-corrected chi connectivity index (χ1v) is 33.5. The van der Waals surface area contributed by atoms with Gasteiger partial charge in [0, 0.05) is 19.3 Å². The lowest BCUT2D eigenvalue weighted by molar-refractivity contribution is -0.167. The molecular weight excluding hydrogens is 925 g/mol. The summed E-state index contributed by atoms with van der Waals surface area (Å²) in [6.45, 7) is 6.59. The van der Waals surface area contributed by atoms with Gasteiger partial charge >= 0.3 is 17.9 Å². The Labute approximate surface area is 467 Å². The van der Waals surface area contributed by atoms with Crippen LogP contribution >= 0.6 is 0 Å². The molecule has 0 aliphatic carbocycles. The molecule has 0 spiro atoms. The second-order valence-electron chi connectivity index (χ2n) is 22.7. The number of allylic oxidation sites excluding steroid dienone is 6. The number of unbranched alkanes of at least 4 members (excludes halogenated alkanes) is 45. The minimum atomic E-state index is -0.776. The second kappa shape index (κ2) is 64.2. The van der Waals surface area contributed by atoms with Crippen LogP contribution < -0.4 is 0 Å². The summed E-state index contributed by atoms with van der Waals surface area (Å²) in [4.78, 5) is 38.4. The normalized spacial score (nSPS) is 12.2. The highest BCUT2D eigenvalue weighted by Gasteiger charge is 2.19. The molecule has 0 heterocycles. The monoisotopic (exact) mass is 1050 g/mol. The molecule has 0 aliphatic rings. The van der Waals surface area contributed by atoms with E-state index < -0.39 is 6.10 Å². The summed E-state index contributed by atoms with van der Waals surface area (Å²) in [5.74, 6) is -0.861. The topological polar surface area (TPSA) is 78.9 Å². The van der Waals surface area contributed by atoms with E-state index in [4.69, 9.17) is 14.2 Å². The molecule has 0 aliphatic heterocycles. The van der Waals surface area contributed by atoms with Crippen LogP contribution in [0.5, 0.6) is 0 Å². The van der Waals surface area contributed by atoms with Crippen LogP contribution in [0.2, 0.25) is 0 Å². The molecule has 0 fully saturated rings. The zero-order chi connectivity index (χ0) is 54.3. The van der Waals surface area contributed by atoms with E-state index in [1.165, 1.54) is 231 Å². The average molecular weight is 1050 g/mol. The number of hydrogen-bond acceptors (Lipinski definition) is 6. The van der Waals surface area contributed by atoms with E-state index >= 15 is 0 Å². The summed E-state index contributed by atoms with van der Waals surface area (Å²) >= 11 is 0. The van der Waals surface area contributed by atoms with Crippen LogP contribution in [0.25, 0.3) is 0 Å². The largest absolute Gasteiger partial charge is 0.462 e. The lowest BCUT2D eigenvalue weighted by atomic mass is 10.0. The van der Waals surface area contributed by atoms with Gasteiger partial charge < -0.3 is 14.2 Å². The van der Waals surface area contributed by atoms with Crippen LogP contribution in [0.4, 0.5) is 0 Å². The van der Waals surface area contributed by atoms with E-state index in [0.29, 0.717) is 19.3 Å². The minimum absolute atomic E-state index is 0.0720. The Morgan fingerprint density at radius 3 is 0.813 bits per heavy atom. The van der Waals surface area contributed by atoms with Gasteiger partial charge in [0.1, 0.15) is 13.2 Å². The van der Waals surface area contributed by atoms with E-state index in [2.05, 4.69) is 57.2 Å². The Morgan fingerprint density at radius 1 is 0.280 bits per heavy atom.